The van der Waals surface area contributed by atoms with Crippen molar-refractivity contribution in [2.45, 2.75) is 0 Å². The largest absolute Gasteiger partial charge is 0.309 e. The van der Waals surface area contributed by atoms with Gasteiger partial charge in [0.1, 0.15) is 0 Å². The number of hydrogen-bond donors (Lipinski definition) is 0. The van der Waals surface area contributed by atoms with Gasteiger partial charge in [-0.05, 0) is 68.3 Å². The lowest BCUT2D eigenvalue weighted by atomic mass is 10.0. The van der Waals surface area contributed by atoms with Crippen LogP contribution in [0, 0.1) is 11.3 Å². The Morgan fingerprint density at radius 3 is 1.48 bits per heavy atom. The summed E-state index contributed by atoms with van der Waals surface area (Å²) in [6.45, 7) is 0. The number of nitrogens with zero attached hydrogens (tertiary/aromatic N) is 2. The molecule has 0 aliphatic carbocycles. The second-order valence-electron chi connectivity index (χ2n) is 11.6. The number of fused-ring (bicyclic) bond motifs is 3. The van der Waals surface area contributed by atoms with Gasteiger partial charge in [0.25, 0.3) is 0 Å². The molecule has 216 valence electrons. The van der Waals surface area contributed by atoms with Crippen molar-refractivity contribution in [3.8, 4) is 22.9 Å². The van der Waals surface area contributed by atoms with Crippen LogP contribution in [0.5, 0.6) is 0 Å². The lowest BCUT2D eigenvalue weighted by Crippen LogP contribution is -2.75. The van der Waals surface area contributed by atoms with Crippen LogP contribution in [0.1, 0.15) is 5.56 Å². The number of para-hydroxylation sites is 2. The maximum absolute atomic E-state index is 10.2. The van der Waals surface area contributed by atoms with Gasteiger partial charge in [-0.25, -0.2) is 0 Å². The highest BCUT2D eigenvalue weighted by Gasteiger charge is 2.43. The first-order valence-corrected chi connectivity index (χ1v) is 17.6. The first kappa shape index (κ1) is 27.6. The minimum Gasteiger partial charge on any atom is -0.309 e. The topological polar surface area (TPSA) is 28.7 Å². The molecule has 0 bridgehead atoms. The van der Waals surface area contributed by atoms with E-state index in [4.69, 9.17) is 0 Å². The van der Waals surface area contributed by atoms with Crippen LogP contribution in [-0.2, 0) is 0 Å². The summed E-state index contributed by atoms with van der Waals surface area (Å²) in [5.41, 5.74) is 6.40. The molecule has 46 heavy (non-hydrogen) atoms. The Hall–Kier alpha value is -5.95. The van der Waals surface area contributed by atoms with E-state index < -0.39 is 8.07 Å². The van der Waals surface area contributed by atoms with E-state index in [0.29, 0.717) is 5.56 Å². The van der Waals surface area contributed by atoms with Gasteiger partial charge in [-0.15, -0.1) is 0 Å². The molecule has 0 aliphatic rings. The van der Waals surface area contributed by atoms with Crippen LogP contribution in [0.4, 0.5) is 0 Å². The third kappa shape index (κ3) is 4.39. The molecule has 8 rings (SSSR count). The number of rotatable bonds is 6. The molecule has 7 aromatic carbocycles. The summed E-state index contributed by atoms with van der Waals surface area (Å²) in [6.07, 6.45) is 0. The molecule has 0 spiro atoms. The van der Waals surface area contributed by atoms with Gasteiger partial charge in [-0.2, -0.15) is 5.26 Å². The molecule has 0 radical (unpaired) electrons. The third-order valence-electron chi connectivity index (χ3n) is 9.17. The standard InChI is InChI=1S/C43H30N2Si/c44-31-32-27-28-38(33-15-14-16-34(30-33)45-41-25-12-10-23-39(41)40-24-11-13-26-42(40)45)43(29-32)46(35-17-4-1-5-18-35,36-19-6-2-7-20-36)37-21-8-3-9-22-37/h1-30H. The summed E-state index contributed by atoms with van der Waals surface area (Å²) in [5, 5.41) is 17.8. The fourth-order valence-corrected chi connectivity index (χ4v) is 12.2. The minimum absolute atomic E-state index is 0.664. The molecule has 0 atom stereocenters. The highest BCUT2D eigenvalue weighted by molar-refractivity contribution is 7.20. The molecule has 0 saturated carbocycles. The van der Waals surface area contributed by atoms with Gasteiger partial charge in [0.05, 0.1) is 22.7 Å². The number of benzene rings is 7. The van der Waals surface area contributed by atoms with Crippen molar-refractivity contribution in [3.63, 3.8) is 0 Å². The molecule has 2 nitrogen and oxygen atoms in total. The van der Waals surface area contributed by atoms with Gasteiger partial charge in [0, 0.05) is 16.5 Å². The SMILES string of the molecule is N#Cc1ccc(-c2cccc(-n3c4ccccc4c4ccccc43)c2)c([Si](c2ccccc2)(c2ccccc2)c2ccccc2)c1. The monoisotopic (exact) mass is 602 g/mol. The maximum atomic E-state index is 10.2. The second-order valence-corrected chi connectivity index (χ2v) is 15.4. The van der Waals surface area contributed by atoms with E-state index in [1.165, 1.54) is 42.6 Å². The van der Waals surface area contributed by atoms with E-state index in [1.807, 2.05) is 6.07 Å². The van der Waals surface area contributed by atoms with E-state index in [9.17, 15) is 5.26 Å². The highest BCUT2D eigenvalue weighted by atomic mass is 28.3. The molecule has 0 fully saturated rings. The molecule has 1 aromatic heterocycles. The first-order valence-electron chi connectivity index (χ1n) is 15.6. The quantitative estimate of drug-likeness (QED) is 0.142. The van der Waals surface area contributed by atoms with Crippen molar-refractivity contribution < 1.29 is 0 Å². The second kappa shape index (κ2) is 11.5. The van der Waals surface area contributed by atoms with Crippen molar-refractivity contribution in [2.75, 3.05) is 0 Å². The van der Waals surface area contributed by atoms with Crippen LogP contribution in [0.2, 0.25) is 0 Å². The van der Waals surface area contributed by atoms with E-state index in [0.717, 1.165) is 16.8 Å². The van der Waals surface area contributed by atoms with Gasteiger partial charge in [-0.3, -0.25) is 0 Å². The van der Waals surface area contributed by atoms with Crippen LogP contribution < -0.4 is 20.7 Å². The molecule has 0 amide bonds. The van der Waals surface area contributed by atoms with Crippen molar-refractivity contribution in [2.24, 2.45) is 0 Å². The minimum atomic E-state index is -2.90. The molecular weight excluding hydrogens is 573 g/mol. The molecular formula is C43H30N2Si. The summed E-state index contributed by atoms with van der Waals surface area (Å²) < 4.78 is 2.37. The Labute approximate surface area is 270 Å². The molecule has 0 N–H and O–H groups in total. The van der Waals surface area contributed by atoms with Gasteiger partial charge in [0.2, 0.25) is 0 Å². The maximum Gasteiger partial charge on any atom is 0.180 e. The molecule has 8 aromatic rings. The molecule has 1 heterocycles. The zero-order chi connectivity index (χ0) is 30.9. The molecule has 0 aliphatic heterocycles. The average molecular weight is 603 g/mol. The average Bonchev–Trinajstić information content (AvgIpc) is 3.48. The Kier molecular flexibility index (Phi) is 6.91. The van der Waals surface area contributed by atoms with Gasteiger partial charge in [-0.1, -0.05) is 146 Å². The third-order valence-corrected chi connectivity index (χ3v) is 14.0. The van der Waals surface area contributed by atoms with Crippen molar-refractivity contribution in [3.05, 3.63) is 188 Å². The summed E-state index contributed by atoms with van der Waals surface area (Å²) in [4.78, 5) is 0. The van der Waals surface area contributed by atoms with Gasteiger partial charge in [0.15, 0.2) is 8.07 Å². The fourth-order valence-electron chi connectivity index (χ4n) is 7.22. The highest BCUT2D eigenvalue weighted by Crippen LogP contribution is 2.33. The van der Waals surface area contributed by atoms with Crippen LogP contribution in [-0.4, -0.2) is 12.6 Å². The van der Waals surface area contributed by atoms with Crippen LogP contribution >= 0.6 is 0 Å². The predicted molar refractivity (Wildman–Crippen MR) is 195 cm³/mol. The summed E-state index contributed by atoms with van der Waals surface area (Å²) in [5.74, 6) is 0. The lowest BCUT2D eigenvalue weighted by Gasteiger charge is -2.36. The van der Waals surface area contributed by atoms with Crippen LogP contribution in [0.3, 0.4) is 0 Å². The van der Waals surface area contributed by atoms with E-state index >= 15 is 0 Å². The van der Waals surface area contributed by atoms with Gasteiger partial charge >= 0.3 is 0 Å². The molecule has 0 saturated heterocycles. The number of aromatic nitrogens is 1. The first-order chi connectivity index (χ1) is 22.8. The summed E-state index contributed by atoms with van der Waals surface area (Å²) >= 11 is 0. The molecule has 0 unspecified atom stereocenters. The van der Waals surface area contributed by atoms with Crippen LogP contribution in [0.25, 0.3) is 38.6 Å². The summed E-state index contributed by atoms with van der Waals surface area (Å²) in [6, 6.07) is 67.6. The molecule has 3 heteroatoms. The van der Waals surface area contributed by atoms with Crippen LogP contribution in [0.15, 0.2) is 182 Å². The van der Waals surface area contributed by atoms with E-state index in [1.54, 1.807) is 0 Å². The van der Waals surface area contributed by atoms with Crippen molar-refractivity contribution in [1.82, 2.24) is 4.57 Å². The zero-order valence-electron chi connectivity index (χ0n) is 25.2. The van der Waals surface area contributed by atoms with Crippen molar-refractivity contribution in [1.29, 1.82) is 5.26 Å². The lowest BCUT2D eigenvalue weighted by molar-refractivity contribution is 1.18. The summed E-state index contributed by atoms with van der Waals surface area (Å²) in [7, 11) is -2.90. The normalized spacial score (nSPS) is 11.5. The fraction of sp³-hybridized carbons (Fsp3) is 0. The van der Waals surface area contributed by atoms with Crippen molar-refractivity contribution >= 4 is 50.6 Å². The number of nitriles is 1. The Morgan fingerprint density at radius 2 is 0.957 bits per heavy atom. The predicted octanol–water partition coefficient (Wildman–Crippen LogP) is 7.70. The van der Waals surface area contributed by atoms with E-state index in [2.05, 4.69) is 187 Å². The number of hydrogen-bond acceptors (Lipinski definition) is 1. The smallest absolute Gasteiger partial charge is 0.180 e. The Bertz CT molecular complexity index is 2220. The zero-order valence-corrected chi connectivity index (χ0v) is 26.2. The van der Waals surface area contributed by atoms with Gasteiger partial charge < -0.3 is 4.57 Å². The Balaban J connectivity index is 1.45. The van der Waals surface area contributed by atoms with E-state index in [-0.39, 0.29) is 0 Å². The Morgan fingerprint density at radius 1 is 0.457 bits per heavy atom.